The zero-order valence-electron chi connectivity index (χ0n) is 18.5. The first kappa shape index (κ1) is 23.8. The summed E-state index contributed by atoms with van der Waals surface area (Å²) in [7, 11) is 1.31. The van der Waals surface area contributed by atoms with Gasteiger partial charge in [-0.25, -0.2) is 4.79 Å². The van der Waals surface area contributed by atoms with E-state index in [1.165, 1.54) is 12.7 Å². The molecule has 0 atom stereocenters. The summed E-state index contributed by atoms with van der Waals surface area (Å²) in [5, 5.41) is 3.61. The standard InChI is InChI=1S/C26H25Cl2NO3/c1-26(2,3)19-9-6-17(7-10-19)18-8-12-23(20(15-18)25(31)32-4)29-24(30)14-16-5-11-21(27)22(28)13-16/h5-13,15H,14H2,1-4H3,(H,29,30). The highest BCUT2D eigenvalue weighted by Gasteiger charge is 2.17. The van der Waals surface area contributed by atoms with Gasteiger partial charge in [-0.2, -0.15) is 0 Å². The summed E-state index contributed by atoms with van der Waals surface area (Å²) >= 11 is 12.0. The van der Waals surface area contributed by atoms with Gasteiger partial charge in [0.2, 0.25) is 5.91 Å². The van der Waals surface area contributed by atoms with Crippen LogP contribution in [0.1, 0.15) is 42.3 Å². The van der Waals surface area contributed by atoms with Crippen LogP contribution in [0.15, 0.2) is 60.7 Å². The van der Waals surface area contributed by atoms with Crippen molar-refractivity contribution in [2.24, 2.45) is 0 Å². The van der Waals surface area contributed by atoms with Gasteiger partial charge in [-0.1, -0.05) is 80.4 Å². The summed E-state index contributed by atoms with van der Waals surface area (Å²) in [5.41, 5.74) is 4.49. The lowest BCUT2D eigenvalue weighted by molar-refractivity contribution is -0.115. The van der Waals surface area contributed by atoms with E-state index in [2.05, 4.69) is 38.2 Å². The first-order chi connectivity index (χ1) is 15.1. The molecule has 0 radical (unpaired) electrons. The van der Waals surface area contributed by atoms with E-state index in [0.29, 0.717) is 21.3 Å². The molecular weight excluding hydrogens is 445 g/mol. The molecule has 0 aromatic heterocycles. The molecule has 0 aliphatic carbocycles. The molecule has 0 saturated carbocycles. The minimum atomic E-state index is -0.525. The summed E-state index contributed by atoms with van der Waals surface area (Å²) in [4.78, 5) is 25.0. The minimum absolute atomic E-state index is 0.0537. The van der Waals surface area contributed by atoms with Crippen molar-refractivity contribution in [3.63, 3.8) is 0 Å². The third-order valence-electron chi connectivity index (χ3n) is 5.13. The number of anilines is 1. The van der Waals surface area contributed by atoms with Gasteiger partial charge in [-0.3, -0.25) is 4.79 Å². The normalized spacial score (nSPS) is 11.2. The molecular formula is C26H25Cl2NO3. The van der Waals surface area contributed by atoms with E-state index in [1.807, 2.05) is 18.2 Å². The molecule has 1 N–H and O–H groups in total. The van der Waals surface area contributed by atoms with Gasteiger partial charge >= 0.3 is 5.97 Å². The fraction of sp³-hybridized carbons (Fsp3) is 0.231. The largest absolute Gasteiger partial charge is 0.465 e. The van der Waals surface area contributed by atoms with E-state index in [-0.39, 0.29) is 23.3 Å². The summed E-state index contributed by atoms with van der Waals surface area (Å²) in [6.07, 6.45) is 0.0908. The third kappa shape index (κ3) is 5.70. The Kier molecular flexibility index (Phi) is 7.27. The number of methoxy groups -OCH3 is 1. The summed E-state index contributed by atoms with van der Waals surface area (Å²) in [6.45, 7) is 6.48. The molecule has 0 saturated heterocycles. The predicted molar refractivity (Wildman–Crippen MR) is 131 cm³/mol. The highest BCUT2D eigenvalue weighted by molar-refractivity contribution is 6.42. The van der Waals surface area contributed by atoms with E-state index in [9.17, 15) is 9.59 Å². The number of hydrogen-bond acceptors (Lipinski definition) is 3. The molecule has 0 spiro atoms. The number of halogens is 2. The van der Waals surface area contributed by atoms with Crippen LogP contribution in [0.2, 0.25) is 10.0 Å². The average Bonchev–Trinajstić information content (AvgIpc) is 2.75. The number of carbonyl (C=O) groups excluding carboxylic acids is 2. The molecule has 6 heteroatoms. The van der Waals surface area contributed by atoms with Crippen LogP contribution in [0.25, 0.3) is 11.1 Å². The highest BCUT2D eigenvalue weighted by atomic mass is 35.5. The molecule has 3 rings (SSSR count). The summed E-state index contributed by atoms with van der Waals surface area (Å²) in [5.74, 6) is -0.807. The Hall–Kier alpha value is -2.82. The van der Waals surface area contributed by atoms with Gasteiger partial charge in [0, 0.05) is 0 Å². The van der Waals surface area contributed by atoms with Crippen molar-refractivity contribution >= 4 is 40.8 Å². The number of rotatable bonds is 5. The van der Waals surface area contributed by atoms with E-state index < -0.39 is 5.97 Å². The first-order valence-corrected chi connectivity index (χ1v) is 10.9. The number of amides is 1. The Balaban J connectivity index is 1.85. The van der Waals surface area contributed by atoms with Gasteiger partial charge in [0.25, 0.3) is 0 Å². The molecule has 3 aromatic carbocycles. The zero-order chi connectivity index (χ0) is 23.5. The van der Waals surface area contributed by atoms with E-state index in [4.69, 9.17) is 27.9 Å². The Morgan fingerprint density at radius 2 is 1.53 bits per heavy atom. The quantitative estimate of drug-likeness (QED) is 0.412. The van der Waals surface area contributed by atoms with Crippen molar-refractivity contribution < 1.29 is 14.3 Å². The minimum Gasteiger partial charge on any atom is -0.465 e. The van der Waals surface area contributed by atoms with Crippen molar-refractivity contribution in [1.29, 1.82) is 0 Å². The van der Waals surface area contributed by atoms with Gasteiger partial charge in [0.1, 0.15) is 0 Å². The molecule has 1 amide bonds. The molecule has 0 aliphatic heterocycles. The number of carbonyl (C=O) groups is 2. The number of nitrogens with one attached hydrogen (secondary N) is 1. The van der Waals surface area contributed by atoms with Gasteiger partial charge in [-0.05, 0) is 51.9 Å². The lowest BCUT2D eigenvalue weighted by atomic mass is 9.86. The maximum Gasteiger partial charge on any atom is 0.339 e. The lowest BCUT2D eigenvalue weighted by Gasteiger charge is -2.19. The Bertz CT molecular complexity index is 1150. The summed E-state index contributed by atoms with van der Waals surface area (Å²) in [6, 6.07) is 18.6. The molecule has 32 heavy (non-hydrogen) atoms. The van der Waals surface area contributed by atoms with Crippen LogP contribution in [0.4, 0.5) is 5.69 Å². The topological polar surface area (TPSA) is 55.4 Å². The van der Waals surface area contributed by atoms with Crippen LogP contribution >= 0.6 is 23.2 Å². The van der Waals surface area contributed by atoms with Gasteiger partial charge in [-0.15, -0.1) is 0 Å². The maximum atomic E-state index is 12.6. The molecule has 3 aromatic rings. The molecule has 4 nitrogen and oxygen atoms in total. The van der Waals surface area contributed by atoms with Crippen molar-refractivity contribution in [2.45, 2.75) is 32.6 Å². The fourth-order valence-electron chi connectivity index (χ4n) is 3.30. The van der Waals surface area contributed by atoms with E-state index >= 15 is 0 Å². The van der Waals surface area contributed by atoms with Gasteiger partial charge in [0.15, 0.2) is 0 Å². The Morgan fingerprint density at radius 1 is 0.875 bits per heavy atom. The second kappa shape index (κ2) is 9.76. The van der Waals surface area contributed by atoms with Crippen LogP contribution in [-0.4, -0.2) is 19.0 Å². The number of benzene rings is 3. The highest BCUT2D eigenvalue weighted by Crippen LogP contribution is 2.29. The molecule has 166 valence electrons. The fourth-order valence-corrected chi connectivity index (χ4v) is 3.62. The second-order valence-corrected chi connectivity index (χ2v) is 9.37. The molecule has 0 aliphatic rings. The van der Waals surface area contributed by atoms with Crippen LogP contribution in [-0.2, 0) is 21.4 Å². The molecule has 0 fully saturated rings. The second-order valence-electron chi connectivity index (χ2n) is 8.55. The third-order valence-corrected chi connectivity index (χ3v) is 5.87. The molecule has 0 heterocycles. The Labute approximate surface area is 198 Å². The monoisotopic (exact) mass is 469 g/mol. The summed E-state index contributed by atoms with van der Waals surface area (Å²) < 4.78 is 4.94. The van der Waals surface area contributed by atoms with Gasteiger partial charge < -0.3 is 10.1 Å². The number of esters is 1. The van der Waals surface area contributed by atoms with Crippen LogP contribution in [0, 0.1) is 0 Å². The number of ether oxygens (including phenoxy) is 1. The van der Waals surface area contributed by atoms with E-state index in [0.717, 1.165) is 11.1 Å². The predicted octanol–water partition coefficient (Wildman–Crippen LogP) is 6.93. The smallest absolute Gasteiger partial charge is 0.339 e. The molecule has 0 bridgehead atoms. The molecule has 0 unspecified atom stereocenters. The van der Waals surface area contributed by atoms with Crippen LogP contribution in [0.5, 0.6) is 0 Å². The van der Waals surface area contributed by atoms with Crippen molar-refractivity contribution in [2.75, 3.05) is 12.4 Å². The van der Waals surface area contributed by atoms with Crippen molar-refractivity contribution in [3.8, 4) is 11.1 Å². The lowest BCUT2D eigenvalue weighted by Crippen LogP contribution is -2.17. The van der Waals surface area contributed by atoms with Crippen molar-refractivity contribution in [3.05, 3.63) is 87.4 Å². The first-order valence-electron chi connectivity index (χ1n) is 10.2. The number of hydrogen-bond donors (Lipinski definition) is 1. The average molecular weight is 470 g/mol. The van der Waals surface area contributed by atoms with Crippen LogP contribution in [0.3, 0.4) is 0 Å². The van der Waals surface area contributed by atoms with Crippen LogP contribution < -0.4 is 5.32 Å². The Morgan fingerprint density at radius 3 is 2.12 bits per heavy atom. The zero-order valence-corrected chi connectivity index (χ0v) is 20.0. The van der Waals surface area contributed by atoms with Gasteiger partial charge in [0.05, 0.1) is 34.8 Å². The van der Waals surface area contributed by atoms with E-state index in [1.54, 1.807) is 30.3 Å². The SMILES string of the molecule is COC(=O)c1cc(-c2ccc(C(C)(C)C)cc2)ccc1NC(=O)Cc1ccc(Cl)c(Cl)c1. The van der Waals surface area contributed by atoms with Crippen molar-refractivity contribution in [1.82, 2.24) is 0 Å². The maximum absolute atomic E-state index is 12.6.